The van der Waals surface area contributed by atoms with Gasteiger partial charge in [0, 0.05) is 12.2 Å². The summed E-state index contributed by atoms with van der Waals surface area (Å²) in [7, 11) is 0. The van der Waals surface area contributed by atoms with E-state index in [4.69, 9.17) is 0 Å². The van der Waals surface area contributed by atoms with E-state index in [0.29, 0.717) is 0 Å². The molecule has 0 spiro atoms. The highest BCUT2D eigenvalue weighted by Gasteiger charge is 2.09. The number of aryl methyl sites for hydroxylation is 2. The van der Waals surface area contributed by atoms with E-state index in [2.05, 4.69) is 108 Å². The number of allylic oxidation sites excluding steroid dienone is 4. The number of rotatable bonds is 11. The van der Waals surface area contributed by atoms with Crippen molar-refractivity contribution in [2.45, 2.75) is 107 Å². The third-order valence-corrected chi connectivity index (χ3v) is 5.72. The summed E-state index contributed by atoms with van der Waals surface area (Å²) in [6, 6.07) is 15.8. The van der Waals surface area contributed by atoms with Crippen LogP contribution in [0.1, 0.15) is 116 Å². The standard InChI is InChI=1S/C27H37N.C4H10.C2H6/c1-6-9-15-26(22(5)24-14-11-13-23(19-24)12-8-3)25-17-16-21(4)27(20-25)28-18-10-7-2;1-3-4-2;1-2/h9,11,13-17,19-20,28H,6-8,10,12,18H2,1-5H3;3-4H2,1-2H3;1-2H3/b15-9-,26-22-;;. The maximum atomic E-state index is 3.62. The molecule has 190 valence electrons. The second-order valence-corrected chi connectivity index (χ2v) is 8.61. The van der Waals surface area contributed by atoms with Crippen molar-refractivity contribution in [3.8, 4) is 0 Å². The molecule has 2 rings (SSSR count). The lowest BCUT2D eigenvalue weighted by atomic mass is 9.93. The third kappa shape index (κ3) is 11.7. The van der Waals surface area contributed by atoms with Crippen molar-refractivity contribution in [1.29, 1.82) is 0 Å². The molecule has 0 aliphatic rings. The van der Waals surface area contributed by atoms with Crippen molar-refractivity contribution in [2.75, 3.05) is 11.9 Å². The first kappa shape index (κ1) is 31.7. The van der Waals surface area contributed by atoms with Gasteiger partial charge in [0.1, 0.15) is 0 Å². The zero-order valence-corrected chi connectivity index (χ0v) is 23.9. The van der Waals surface area contributed by atoms with Crippen molar-refractivity contribution >= 4 is 16.8 Å². The number of hydrogen-bond donors (Lipinski definition) is 1. The summed E-state index contributed by atoms with van der Waals surface area (Å²) in [6.45, 7) is 20.5. The SMILES string of the molecule is CC.CC/C=C\C(=C(/C)c1cccc(CCC)c1)c1ccc(C)c(NCCCC)c1.CCCC. The average Bonchev–Trinajstić information content (AvgIpc) is 2.87. The molecule has 1 N–H and O–H groups in total. The highest BCUT2D eigenvalue weighted by Crippen LogP contribution is 2.31. The monoisotopic (exact) mass is 463 g/mol. The Bertz CT molecular complexity index is 839. The van der Waals surface area contributed by atoms with Crippen molar-refractivity contribution in [3.05, 3.63) is 76.9 Å². The van der Waals surface area contributed by atoms with Gasteiger partial charge >= 0.3 is 0 Å². The molecule has 0 aromatic heterocycles. The van der Waals surface area contributed by atoms with E-state index in [1.165, 1.54) is 71.2 Å². The molecule has 2 aromatic carbocycles. The van der Waals surface area contributed by atoms with Crippen LogP contribution in [0.2, 0.25) is 0 Å². The molecule has 34 heavy (non-hydrogen) atoms. The minimum absolute atomic E-state index is 1.03. The van der Waals surface area contributed by atoms with E-state index in [9.17, 15) is 0 Å². The van der Waals surface area contributed by atoms with E-state index in [0.717, 1.165) is 19.4 Å². The predicted molar refractivity (Wildman–Crippen MR) is 159 cm³/mol. The first-order valence-corrected chi connectivity index (χ1v) is 13.8. The van der Waals surface area contributed by atoms with Gasteiger partial charge in [-0.3, -0.25) is 0 Å². The average molecular weight is 464 g/mol. The lowest BCUT2D eigenvalue weighted by Gasteiger charge is -2.15. The van der Waals surface area contributed by atoms with Gasteiger partial charge in [-0.25, -0.2) is 0 Å². The van der Waals surface area contributed by atoms with E-state index < -0.39 is 0 Å². The quantitative estimate of drug-likeness (QED) is 0.198. The minimum atomic E-state index is 1.03. The van der Waals surface area contributed by atoms with Crippen LogP contribution in [0.3, 0.4) is 0 Å². The van der Waals surface area contributed by atoms with E-state index in [1.807, 2.05) is 13.8 Å². The van der Waals surface area contributed by atoms with Crippen LogP contribution in [-0.4, -0.2) is 6.54 Å². The zero-order chi connectivity index (χ0) is 25.8. The number of nitrogens with one attached hydrogen (secondary N) is 1. The van der Waals surface area contributed by atoms with E-state index in [1.54, 1.807) is 0 Å². The Morgan fingerprint density at radius 3 is 2.12 bits per heavy atom. The fourth-order valence-corrected chi connectivity index (χ4v) is 3.46. The highest BCUT2D eigenvalue weighted by molar-refractivity contribution is 5.95. The minimum Gasteiger partial charge on any atom is -0.385 e. The summed E-state index contributed by atoms with van der Waals surface area (Å²) in [5, 5.41) is 3.62. The van der Waals surface area contributed by atoms with Crippen LogP contribution in [0.5, 0.6) is 0 Å². The molecule has 1 heteroatoms. The van der Waals surface area contributed by atoms with Crippen LogP contribution in [0.4, 0.5) is 5.69 Å². The van der Waals surface area contributed by atoms with Gasteiger partial charge in [0.25, 0.3) is 0 Å². The molecule has 0 aliphatic heterocycles. The Morgan fingerprint density at radius 2 is 1.53 bits per heavy atom. The van der Waals surface area contributed by atoms with Crippen LogP contribution in [0, 0.1) is 6.92 Å². The molecule has 0 aliphatic carbocycles. The topological polar surface area (TPSA) is 12.0 Å². The molecule has 2 aromatic rings. The molecule has 0 bridgehead atoms. The van der Waals surface area contributed by atoms with Crippen LogP contribution in [0.15, 0.2) is 54.6 Å². The van der Waals surface area contributed by atoms with E-state index >= 15 is 0 Å². The van der Waals surface area contributed by atoms with Gasteiger partial charge in [0.05, 0.1) is 0 Å². The van der Waals surface area contributed by atoms with Gasteiger partial charge < -0.3 is 5.32 Å². The second-order valence-electron chi connectivity index (χ2n) is 8.61. The first-order chi connectivity index (χ1) is 16.5. The molecule has 0 saturated carbocycles. The molecular weight excluding hydrogens is 410 g/mol. The summed E-state index contributed by atoms with van der Waals surface area (Å²) in [6.07, 6.45) is 13.0. The van der Waals surface area contributed by atoms with Crippen molar-refractivity contribution in [1.82, 2.24) is 0 Å². The van der Waals surface area contributed by atoms with Crippen LogP contribution in [0.25, 0.3) is 11.1 Å². The van der Waals surface area contributed by atoms with Crippen LogP contribution < -0.4 is 5.32 Å². The summed E-state index contributed by atoms with van der Waals surface area (Å²) in [5.41, 5.74) is 9.24. The summed E-state index contributed by atoms with van der Waals surface area (Å²) in [4.78, 5) is 0. The second kappa shape index (κ2) is 20.1. The maximum Gasteiger partial charge on any atom is 0.0376 e. The molecule has 0 atom stereocenters. The molecular formula is C33H53N. The Balaban J connectivity index is 0.00000164. The lowest BCUT2D eigenvalue weighted by molar-refractivity contribution is 0.833. The lowest BCUT2D eigenvalue weighted by Crippen LogP contribution is -2.03. The van der Waals surface area contributed by atoms with Crippen molar-refractivity contribution in [2.24, 2.45) is 0 Å². The van der Waals surface area contributed by atoms with Crippen LogP contribution >= 0.6 is 0 Å². The van der Waals surface area contributed by atoms with Gasteiger partial charge in [0.15, 0.2) is 0 Å². The van der Waals surface area contributed by atoms with Gasteiger partial charge in [0.2, 0.25) is 0 Å². The number of hydrogen-bond acceptors (Lipinski definition) is 1. The Hall–Kier alpha value is -2.28. The molecule has 0 fully saturated rings. The van der Waals surface area contributed by atoms with Crippen molar-refractivity contribution in [3.63, 3.8) is 0 Å². The van der Waals surface area contributed by atoms with Gasteiger partial charge in [-0.2, -0.15) is 0 Å². The fourth-order valence-electron chi connectivity index (χ4n) is 3.46. The highest BCUT2D eigenvalue weighted by atomic mass is 14.9. The smallest absolute Gasteiger partial charge is 0.0376 e. The number of benzene rings is 2. The molecule has 0 saturated heterocycles. The van der Waals surface area contributed by atoms with Gasteiger partial charge in [-0.1, -0.05) is 123 Å². The van der Waals surface area contributed by atoms with Crippen LogP contribution in [-0.2, 0) is 6.42 Å². The molecule has 0 unspecified atom stereocenters. The molecule has 0 amide bonds. The summed E-state index contributed by atoms with van der Waals surface area (Å²) in [5.74, 6) is 0. The summed E-state index contributed by atoms with van der Waals surface area (Å²) < 4.78 is 0. The Kier molecular flexibility index (Phi) is 18.8. The Morgan fingerprint density at radius 1 is 0.824 bits per heavy atom. The number of unbranched alkanes of at least 4 members (excludes halogenated alkanes) is 2. The Labute approximate surface area is 212 Å². The zero-order valence-electron chi connectivity index (χ0n) is 23.9. The largest absolute Gasteiger partial charge is 0.385 e. The molecule has 0 heterocycles. The first-order valence-electron chi connectivity index (χ1n) is 13.8. The van der Waals surface area contributed by atoms with Crippen molar-refractivity contribution < 1.29 is 0 Å². The third-order valence-electron chi connectivity index (χ3n) is 5.72. The van der Waals surface area contributed by atoms with Gasteiger partial charge in [-0.15, -0.1) is 0 Å². The molecule has 0 radical (unpaired) electrons. The van der Waals surface area contributed by atoms with Gasteiger partial charge in [-0.05, 0) is 72.6 Å². The maximum absolute atomic E-state index is 3.62. The predicted octanol–water partition coefficient (Wildman–Crippen LogP) is 10.9. The molecule has 1 nitrogen and oxygen atoms in total. The van der Waals surface area contributed by atoms with E-state index in [-0.39, 0.29) is 0 Å². The number of anilines is 1. The normalized spacial score (nSPS) is 11.2. The summed E-state index contributed by atoms with van der Waals surface area (Å²) >= 11 is 0. The fraction of sp³-hybridized carbons (Fsp3) is 0.515.